The summed E-state index contributed by atoms with van der Waals surface area (Å²) in [5.74, 6) is -0.597. The first-order chi connectivity index (χ1) is 8.65. The first kappa shape index (κ1) is 13.1. The molecule has 0 radical (unpaired) electrons. The number of likely N-dealkylation sites (tertiary alicyclic amines) is 1. The molecule has 0 atom stereocenters. The second-order valence-electron chi connectivity index (χ2n) is 4.33. The number of hydrogen-bond acceptors (Lipinski definition) is 5. The quantitative estimate of drug-likeness (QED) is 0.736. The fraction of sp³-hybridized carbons (Fsp3) is 0.818. The number of nitrogens with one attached hydrogen (secondary N) is 1. The van der Waals surface area contributed by atoms with E-state index in [0.717, 1.165) is 0 Å². The zero-order chi connectivity index (χ0) is 13.0. The smallest absolute Gasteiger partial charge is 0.407 e. The summed E-state index contributed by atoms with van der Waals surface area (Å²) in [4.78, 5) is 24.4. The lowest BCUT2D eigenvalue weighted by Gasteiger charge is -2.37. The van der Waals surface area contributed by atoms with E-state index in [2.05, 4.69) is 10.1 Å². The molecule has 2 aliphatic rings. The average molecular weight is 258 g/mol. The molecule has 2 aliphatic heterocycles. The van der Waals surface area contributed by atoms with Crippen molar-refractivity contribution in [3.05, 3.63) is 0 Å². The van der Waals surface area contributed by atoms with Crippen molar-refractivity contribution in [2.24, 2.45) is 0 Å². The standard InChI is InChI=1S/C11H18N2O5/c1-16-10(15)12-8-9(14)13-4-2-11(3-5-13)17-6-7-18-11/h2-8H2,1H3,(H,12,15). The molecule has 0 aliphatic carbocycles. The number of methoxy groups -OCH3 is 1. The minimum Gasteiger partial charge on any atom is -0.453 e. The van der Waals surface area contributed by atoms with Gasteiger partial charge >= 0.3 is 6.09 Å². The molecule has 102 valence electrons. The molecule has 2 rings (SSSR count). The molecule has 2 amide bonds. The average Bonchev–Trinajstić information content (AvgIpc) is 2.84. The summed E-state index contributed by atoms with van der Waals surface area (Å²) in [6.07, 6.45) is 0.757. The number of carbonyl (C=O) groups excluding carboxylic acids is 2. The summed E-state index contributed by atoms with van der Waals surface area (Å²) in [5.41, 5.74) is 0. The predicted octanol–water partition coefficient (Wildman–Crippen LogP) is -0.292. The third-order valence-electron chi connectivity index (χ3n) is 3.26. The van der Waals surface area contributed by atoms with Gasteiger partial charge in [-0.25, -0.2) is 4.79 Å². The van der Waals surface area contributed by atoms with Crippen LogP contribution in [-0.2, 0) is 19.0 Å². The molecule has 0 aromatic rings. The Hall–Kier alpha value is -1.34. The van der Waals surface area contributed by atoms with Gasteiger partial charge in [0.05, 0.1) is 20.3 Å². The molecule has 7 heteroatoms. The van der Waals surface area contributed by atoms with E-state index in [-0.39, 0.29) is 12.5 Å². The van der Waals surface area contributed by atoms with Crippen molar-refractivity contribution in [2.75, 3.05) is 40.0 Å². The van der Waals surface area contributed by atoms with Crippen molar-refractivity contribution >= 4 is 12.0 Å². The summed E-state index contributed by atoms with van der Waals surface area (Å²) in [6, 6.07) is 0. The first-order valence-electron chi connectivity index (χ1n) is 6.03. The van der Waals surface area contributed by atoms with Gasteiger partial charge in [-0.05, 0) is 0 Å². The Labute approximate surface area is 105 Å². The Bertz CT molecular complexity index is 317. The summed E-state index contributed by atoms with van der Waals surface area (Å²) in [7, 11) is 1.26. The van der Waals surface area contributed by atoms with Gasteiger partial charge < -0.3 is 24.4 Å². The second kappa shape index (κ2) is 5.53. The lowest BCUT2D eigenvalue weighted by molar-refractivity contribution is -0.187. The molecular weight excluding hydrogens is 240 g/mol. The van der Waals surface area contributed by atoms with Crippen LogP contribution in [0.25, 0.3) is 0 Å². The van der Waals surface area contributed by atoms with Crippen LogP contribution in [0.2, 0.25) is 0 Å². The van der Waals surface area contributed by atoms with Gasteiger partial charge in [0.25, 0.3) is 0 Å². The molecule has 1 N–H and O–H groups in total. The van der Waals surface area contributed by atoms with Crippen LogP contribution in [0.1, 0.15) is 12.8 Å². The molecule has 2 saturated heterocycles. The van der Waals surface area contributed by atoms with E-state index < -0.39 is 11.9 Å². The van der Waals surface area contributed by atoms with Gasteiger partial charge in [0, 0.05) is 25.9 Å². The number of piperidine rings is 1. The minimum atomic E-state index is -0.598. The van der Waals surface area contributed by atoms with E-state index >= 15 is 0 Å². The number of carbonyl (C=O) groups is 2. The third-order valence-corrected chi connectivity index (χ3v) is 3.26. The molecular formula is C11H18N2O5. The molecule has 0 bridgehead atoms. The Morgan fingerprint density at radius 3 is 2.44 bits per heavy atom. The van der Waals surface area contributed by atoms with Crippen molar-refractivity contribution < 1.29 is 23.8 Å². The molecule has 7 nitrogen and oxygen atoms in total. The Morgan fingerprint density at radius 2 is 1.89 bits per heavy atom. The van der Waals surface area contributed by atoms with Crippen LogP contribution in [0.4, 0.5) is 4.79 Å². The second-order valence-corrected chi connectivity index (χ2v) is 4.33. The Morgan fingerprint density at radius 1 is 1.28 bits per heavy atom. The highest BCUT2D eigenvalue weighted by molar-refractivity contribution is 5.82. The highest BCUT2D eigenvalue weighted by atomic mass is 16.7. The molecule has 0 aromatic carbocycles. The highest BCUT2D eigenvalue weighted by Gasteiger charge is 2.40. The van der Waals surface area contributed by atoms with E-state index in [1.165, 1.54) is 7.11 Å². The van der Waals surface area contributed by atoms with Gasteiger partial charge in [0.1, 0.15) is 6.54 Å². The van der Waals surface area contributed by atoms with Crippen LogP contribution in [0.3, 0.4) is 0 Å². The lowest BCUT2D eigenvalue weighted by Crippen LogP contribution is -2.49. The van der Waals surface area contributed by atoms with E-state index in [9.17, 15) is 9.59 Å². The molecule has 18 heavy (non-hydrogen) atoms. The van der Waals surface area contributed by atoms with Crippen LogP contribution in [0, 0.1) is 0 Å². The number of rotatable bonds is 2. The van der Waals surface area contributed by atoms with Crippen molar-refractivity contribution in [2.45, 2.75) is 18.6 Å². The van der Waals surface area contributed by atoms with Crippen LogP contribution < -0.4 is 5.32 Å². The number of amides is 2. The largest absolute Gasteiger partial charge is 0.453 e. The maximum atomic E-state index is 11.8. The van der Waals surface area contributed by atoms with Gasteiger partial charge in [-0.1, -0.05) is 0 Å². The van der Waals surface area contributed by atoms with Gasteiger partial charge in [0.2, 0.25) is 5.91 Å². The summed E-state index contributed by atoms with van der Waals surface area (Å²) < 4.78 is 15.6. The van der Waals surface area contributed by atoms with Crippen LogP contribution >= 0.6 is 0 Å². The van der Waals surface area contributed by atoms with Gasteiger partial charge in [-0.15, -0.1) is 0 Å². The van der Waals surface area contributed by atoms with Crippen molar-refractivity contribution in [1.82, 2.24) is 10.2 Å². The molecule has 0 saturated carbocycles. The zero-order valence-electron chi connectivity index (χ0n) is 10.4. The van der Waals surface area contributed by atoms with E-state index in [1.807, 2.05) is 0 Å². The number of alkyl carbamates (subject to hydrolysis) is 1. The van der Waals surface area contributed by atoms with Crippen molar-refractivity contribution in [1.29, 1.82) is 0 Å². The molecule has 0 aromatic heterocycles. The van der Waals surface area contributed by atoms with Crippen LogP contribution in [0.15, 0.2) is 0 Å². The Kier molecular flexibility index (Phi) is 4.03. The van der Waals surface area contributed by atoms with E-state index in [4.69, 9.17) is 9.47 Å². The van der Waals surface area contributed by atoms with Gasteiger partial charge in [0.15, 0.2) is 5.79 Å². The van der Waals surface area contributed by atoms with Crippen molar-refractivity contribution in [3.8, 4) is 0 Å². The maximum Gasteiger partial charge on any atom is 0.407 e. The van der Waals surface area contributed by atoms with Crippen LogP contribution in [-0.4, -0.2) is 62.6 Å². The van der Waals surface area contributed by atoms with Gasteiger partial charge in [-0.3, -0.25) is 4.79 Å². The molecule has 0 unspecified atom stereocenters. The van der Waals surface area contributed by atoms with Gasteiger partial charge in [-0.2, -0.15) is 0 Å². The minimum absolute atomic E-state index is 0.0403. The van der Waals surface area contributed by atoms with Crippen LogP contribution in [0.5, 0.6) is 0 Å². The fourth-order valence-corrected chi connectivity index (χ4v) is 2.21. The maximum absolute atomic E-state index is 11.8. The van der Waals surface area contributed by atoms with E-state index in [1.54, 1.807) is 4.90 Å². The summed E-state index contributed by atoms with van der Waals surface area (Å²) in [5, 5.41) is 2.38. The number of ether oxygens (including phenoxy) is 3. The highest BCUT2D eigenvalue weighted by Crippen LogP contribution is 2.31. The fourth-order valence-electron chi connectivity index (χ4n) is 2.21. The summed E-state index contributed by atoms with van der Waals surface area (Å²) >= 11 is 0. The first-order valence-corrected chi connectivity index (χ1v) is 6.03. The Balaban J connectivity index is 1.75. The summed E-state index contributed by atoms with van der Waals surface area (Å²) in [6.45, 7) is 2.38. The topological polar surface area (TPSA) is 77.1 Å². The SMILES string of the molecule is COC(=O)NCC(=O)N1CCC2(CC1)OCCO2. The molecule has 2 heterocycles. The predicted molar refractivity (Wildman–Crippen MR) is 60.9 cm³/mol. The normalized spacial score (nSPS) is 21.9. The third kappa shape index (κ3) is 2.91. The molecule has 1 spiro atoms. The van der Waals surface area contributed by atoms with Crippen molar-refractivity contribution in [3.63, 3.8) is 0 Å². The lowest BCUT2D eigenvalue weighted by atomic mass is 10.0. The number of hydrogen-bond donors (Lipinski definition) is 1. The monoisotopic (exact) mass is 258 g/mol. The molecule has 2 fully saturated rings. The number of nitrogens with zero attached hydrogens (tertiary/aromatic N) is 1. The zero-order valence-corrected chi connectivity index (χ0v) is 10.4. The van der Waals surface area contributed by atoms with E-state index in [0.29, 0.717) is 39.1 Å².